The third-order valence-corrected chi connectivity index (χ3v) is 7.34. The number of aryl methyl sites for hydroxylation is 1. The average Bonchev–Trinajstić information content (AvgIpc) is 3.24. The quantitative estimate of drug-likeness (QED) is 0.346. The van der Waals surface area contributed by atoms with Crippen LogP contribution in [0.4, 0.5) is 8.78 Å². The monoisotopic (exact) mass is 537 g/mol. The number of methoxy groups -OCH3 is 1. The lowest BCUT2D eigenvalue weighted by Crippen LogP contribution is -2.39. The number of aromatic nitrogens is 2. The van der Waals surface area contributed by atoms with Gasteiger partial charge >= 0.3 is 0 Å². The molecular formula is C29H26ClF2N3O3. The van der Waals surface area contributed by atoms with Crippen LogP contribution in [0.3, 0.4) is 0 Å². The summed E-state index contributed by atoms with van der Waals surface area (Å²) in [5.74, 6) is -1.02. The van der Waals surface area contributed by atoms with Gasteiger partial charge in [-0.25, -0.2) is 8.78 Å². The number of hydrogen-bond donors (Lipinski definition) is 1. The molecule has 3 aromatic carbocycles. The topological polar surface area (TPSA) is 67.6 Å². The highest BCUT2D eigenvalue weighted by Crippen LogP contribution is 2.38. The number of halogens is 3. The number of aliphatic hydroxyl groups excluding tert-OH is 1. The predicted octanol–water partition coefficient (Wildman–Crippen LogP) is 5.87. The number of aliphatic hydroxyl groups is 1. The van der Waals surface area contributed by atoms with Crippen molar-refractivity contribution < 1.29 is 23.4 Å². The third-order valence-electron chi connectivity index (χ3n) is 7.03. The first-order valence-corrected chi connectivity index (χ1v) is 12.5. The van der Waals surface area contributed by atoms with E-state index in [1.165, 1.54) is 12.1 Å². The third kappa shape index (κ3) is 4.54. The molecule has 0 aliphatic carbocycles. The fourth-order valence-electron chi connectivity index (χ4n) is 5.18. The smallest absolute Gasteiger partial charge is 0.256 e. The molecule has 0 radical (unpaired) electrons. The fourth-order valence-corrected chi connectivity index (χ4v) is 5.44. The lowest BCUT2D eigenvalue weighted by atomic mass is 9.92. The van der Waals surface area contributed by atoms with Crippen molar-refractivity contribution in [1.82, 2.24) is 14.7 Å². The predicted molar refractivity (Wildman–Crippen MR) is 140 cm³/mol. The molecule has 0 saturated heterocycles. The Morgan fingerprint density at radius 1 is 1.13 bits per heavy atom. The van der Waals surface area contributed by atoms with Gasteiger partial charge in [0.05, 0.1) is 35.1 Å². The van der Waals surface area contributed by atoms with Crippen LogP contribution in [-0.2, 0) is 13.5 Å². The Morgan fingerprint density at radius 2 is 1.82 bits per heavy atom. The molecule has 2 heterocycles. The molecule has 1 aromatic heterocycles. The van der Waals surface area contributed by atoms with E-state index in [2.05, 4.69) is 5.10 Å². The second-order valence-electron chi connectivity index (χ2n) is 9.30. The molecule has 0 spiro atoms. The summed E-state index contributed by atoms with van der Waals surface area (Å²) in [5, 5.41) is 16.0. The van der Waals surface area contributed by atoms with E-state index in [9.17, 15) is 18.7 Å². The molecule has 1 unspecified atom stereocenters. The van der Waals surface area contributed by atoms with E-state index in [1.54, 1.807) is 66.2 Å². The molecule has 0 saturated carbocycles. The van der Waals surface area contributed by atoms with Crippen molar-refractivity contribution in [3.05, 3.63) is 105 Å². The van der Waals surface area contributed by atoms with Crippen LogP contribution in [0.25, 0.3) is 11.3 Å². The summed E-state index contributed by atoms with van der Waals surface area (Å²) in [4.78, 5) is 15.6. The first kappa shape index (κ1) is 25.9. The summed E-state index contributed by atoms with van der Waals surface area (Å²) in [6, 6.07) is 14.9. The molecule has 5 rings (SSSR count). The molecule has 0 fully saturated rings. The molecule has 4 aromatic rings. The van der Waals surface area contributed by atoms with Crippen LogP contribution >= 0.6 is 11.6 Å². The number of ether oxygens (including phenoxy) is 1. The van der Waals surface area contributed by atoms with Crippen molar-refractivity contribution >= 4 is 17.5 Å². The van der Waals surface area contributed by atoms with Gasteiger partial charge in [-0.15, -0.1) is 0 Å². The van der Waals surface area contributed by atoms with Crippen LogP contribution < -0.4 is 4.74 Å². The number of rotatable bonds is 5. The average molecular weight is 538 g/mol. The van der Waals surface area contributed by atoms with E-state index in [0.717, 1.165) is 11.6 Å². The number of amides is 1. The summed E-state index contributed by atoms with van der Waals surface area (Å²) in [6.45, 7) is 2.20. The lowest BCUT2D eigenvalue weighted by molar-refractivity contribution is 0.0668. The van der Waals surface area contributed by atoms with Gasteiger partial charge in [-0.2, -0.15) is 5.10 Å². The minimum absolute atomic E-state index is 0.219. The zero-order valence-electron chi connectivity index (χ0n) is 21.1. The summed E-state index contributed by atoms with van der Waals surface area (Å²) in [6.07, 6.45) is -0.647. The Balaban J connectivity index is 1.50. The van der Waals surface area contributed by atoms with Crippen molar-refractivity contribution in [2.45, 2.75) is 25.5 Å². The van der Waals surface area contributed by atoms with E-state index in [-0.39, 0.29) is 16.5 Å². The molecule has 38 heavy (non-hydrogen) atoms. The summed E-state index contributed by atoms with van der Waals surface area (Å²) in [7, 11) is 3.28. The number of carbonyl (C=O) groups excluding carboxylic acids is 1. The minimum atomic E-state index is -1.08. The number of hydrogen-bond acceptors (Lipinski definition) is 4. The molecule has 9 heteroatoms. The highest BCUT2D eigenvalue weighted by atomic mass is 35.5. The highest BCUT2D eigenvalue weighted by molar-refractivity contribution is 6.34. The Kier molecular flexibility index (Phi) is 6.94. The number of fused-ring (bicyclic) bond motifs is 1. The lowest BCUT2D eigenvalue weighted by Gasteiger charge is -2.34. The molecule has 2 atom stereocenters. The molecule has 1 amide bonds. The number of carbonyl (C=O) groups is 1. The van der Waals surface area contributed by atoms with Gasteiger partial charge in [-0.3, -0.25) is 9.48 Å². The largest absolute Gasteiger partial charge is 0.497 e. The van der Waals surface area contributed by atoms with Crippen LogP contribution in [0.2, 0.25) is 5.02 Å². The van der Waals surface area contributed by atoms with Crippen molar-refractivity contribution in [2.75, 3.05) is 13.7 Å². The van der Waals surface area contributed by atoms with Crippen molar-refractivity contribution in [2.24, 2.45) is 7.05 Å². The number of nitrogens with zero attached hydrogens (tertiary/aromatic N) is 3. The first-order valence-electron chi connectivity index (χ1n) is 12.1. The second kappa shape index (κ2) is 10.2. The standard InChI is InChI=1S/C29H26ClF2N3O3/c1-16-26-23(27(34(2)33-26)18-13-19(31)15-20(32)14-18)11-12-35(16)29(37)25-22(5-4-6-24(25)30)28(36)17-7-9-21(38-3)10-8-17/h4-10,13-16,28,36H,11-12H2,1-3H3/t16-,28?/m0/s1. The molecule has 0 bridgehead atoms. The van der Waals surface area contributed by atoms with E-state index in [4.69, 9.17) is 16.3 Å². The Bertz CT molecular complexity index is 1500. The second-order valence-corrected chi connectivity index (χ2v) is 9.71. The van der Waals surface area contributed by atoms with E-state index < -0.39 is 23.8 Å². The molecule has 6 nitrogen and oxygen atoms in total. The molecule has 196 valence electrons. The zero-order valence-corrected chi connectivity index (χ0v) is 21.8. The van der Waals surface area contributed by atoms with Gasteiger partial charge < -0.3 is 14.7 Å². The van der Waals surface area contributed by atoms with Crippen LogP contribution in [0.5, 0.6) is 5.75 Å². The molecule has 1 N–H and O–H groups in total. The van der Waals surface area contributed by atoms with Crippen molar-refractivity contribution in [3.8, 4) is 17.0 Å². The maximum absolute atomic E-state index is 14.0. The Labute approximate surface area is 224 Å². The number of benzene rings is 3. The molecular weight excluding hydrogens is 512 g/mol. The summed E-state index contributed by atoms with van der Waals surface area (Å²) in [5.41, 5.74) is 3.70. The van der Waals surface area contributed by atoms with E-state index in [1.807, 2.05) is 6.92 Å². The van der Waals surface area contributed by atoms with Gasteiger partial charge in [0.1, 0.15) is 23.5 Å². The van der Waals surface area contributed by atoms with Crippen LogP contribution in [0.1, 0.15) is 51.8 Å². The van der Waals surface area contributed by atoms with E-state index >= 15 is 0 Å². The Morgan fingerprint density at radius 3 is 2.47 bits per heavy atom. The van der Waals surface area contributed by atoms with Gasteiger partial charge in [0.15, 0.2) is 0 Å². The molecule has 1 aliphatic heterocycles. The van der Waals surface area contributed by atoms with Gasteiger partial charge in [0.25, 0.3) is 5.91 Å². The normalized spacial score (nSPS) is 15.8. The van der Waals surface area contributed by atoms with Crippen LogP contribution in [-0.4, -0.2) is 39.3 Å². The first-order chi connectivity index (χ1) is 18.2. The zero-order chi connectivity index (χ0) is 27.1. The fraction of sp³-hybridized carbons (Fsp3) is 0.241. The SMILES string of the molecule is COc1ccc(C(O)c2cccc(Cl)c2C(=O)N2CCc3c(nn(C)c3-c3cc(F)cc(F)c3)[C@@H]2C)cc1. The van der Waals surface area contributed by atoms with Crippen LogP contribution in [0, 0.1) is 11.6 Å². The summed E-state index contributed by atoms with van der Waals surface area (Å²) >= 11 is 6.54. The van der Waals surface area contributed by atoms with Gasteiger partial charge in [-0.05, 0) is 54.8 Å². The van der Waals surface area contributed by atoms with Gasteiger partial charge in [0.2, 0.25) is 0 Å². The van der Waals surface area contributed by atoms with Crippen molar-refractivity contribution in [1.29, 1.82) is 0 Å². The van der Waals surface area contributed by atoms with Gasteiger partial charge in [-0.1, -0.05) is 35.9 Å². The maximum Gasteiger partial charge on any atom is 0.256 e. The van der Waals surface area contributed by atoms with Crippen LogP contribution in [0.15, 0.2) is 60.7 Å². The maximum atomic E-state index is 14.0. The van der Waals surface area contributed by atoms with Crippen molar-refractivity contribution in [3.63, 3.8) is 0 Å². The van der Waals surface area contributed by atoms with Gasteiger partial charge in [0, 0.05) is 30.8 Å². The minimum Gasteiger partial charge on any atom is -0.497 e. The van der Waals surface area contributed by atoms with E-state index in [0.29, 0.717) is 46.8 Å². The Hall–Kier alpha value is -3.75. The summed E-state index contributed by atoms with van der Waals surface area (Å²) < 4.78 is 34.7. The molecule has 1 aliphatic rings. The highest BCUT2D eigenvalue weighted by Gasteiger charge is 2.35.